The second-order valence-corrected chi connectivity index (χ2v) is 8.37. The molecular formula is C20H26ClN3O3. The Balaban J connectivity index is 1.59. The van der Waals surface area contributed by atoms with Crippen molar-refractivity contribution in [1.29, 1.82) is 0 Å². The van der Waals surface area contributed by atoms with Crippen LogP contribution in [0.1, 0.15) is 39.2 Å². The molecule has 0 unspecified atom stereocenters. The monoisotopic (exact) mass is 391 g/mol. The maximum Gasteiger partial charge on any atom is 0.407 e. The first-order valence-corrected chi connectivity index (χ1v) is 9.57. The van der Waals surface area contributed by atoms with Gasteiger partial charge in [0.15, 0.2) is 0 Å². The third-order valence-corrected chi connectivity index (χ3v) is 4.91. The van der Waals surface area contributed by atoms with E-state index in [1.165, 1.54) is 0 Å². The van der Waals surface area contributed by atoms with Crippen LogP contribution in [0.2, 0.25) is 5.02 Å². The van der Waals surface area contributed by atoms with Gasteiger partial charge in [0, 0.05) is 42.8 Å². The maximum absolute atomic E-state index is 11.9. The zero-order valence-corrected chi connectivity index (χ0v) is 16.7. The van der Waals surface area contributed by atoms with Gasteiger partial charge in [0.25, 0.3) is 0 Å². The Morgan fingerprint density at radius 1 is 1.41 bits per heavy atom. The summed E-state index contributed by atoms with van der Waals surface area (Å²) in [4.78, 5) is 18.4. The summed E-state index contributed by atoms with van der Waals surface area (Å²) in [6, 6.07) is 5.57. The van der Waals surface area contributed by atoms with E-state index < -0.39 is 5.60 Å². The van der Waals surface area contributed by atoms with Crippen LogP contribution in [0.5, 0.6) is 5.75 Å². The van der Waals surface area contributed by atoms with Crippen molar-refractivity contribution in [2.24, 2.45) is 0 Å². The molecule has 1 amide bonds. The van der Waals surface area contributed by atoms with Crippen molar-refractivity contribution < 1.29 is 14.6 Å². The van der Waals surface area contributed by atoms with Gasteiger partial charge in [-0.2, -0.15) is 0 Å². The number of piperidine rings is 1. The first-order valence-electron chi connectivity index (χ1n) is 9.20. The van der Waals surface area contributed by atoms with E-state index in [0.29, 0.717) is 17.1 Å². The number of halogens is 1. The number of fused-ring (bicyclic) bond motifs is 1. The predicted octanol–water partition coefficient (Wildman–Crippen LogP) is 4.08. The molecule has 27 heavy (non-hydrogen) atoms. The Hall–Kier alpha value is -2.05. The number of phenolic OH excluding ortho intramolecular Hbond substituents is 1. The predicted molar refractivity (Wildman–Crippen MR) is 106 cm³/mol. The van der Waals surface area contributed by atoms with E-state index in [0.717, 1.165) is 36.9 Å². The zero-order valence-electron chi connectivity index (χ0n) is 16.0. The lowest BCUT2D eigenvalue weighted by atomic mass is 10.0. The lowest BCUT2D eigenvalue weighted by Gasteiger charge is -2.33. The van der Waals surface area contributed by atoms with Crippen LogP contribution in [0.25, 0.3) is 10.9 Å². The minimum atomic E-state index is -0.494. The molecule has 1 aromatic carbocycles. The Labute approximate surface area is 164 Å². The highest BCUT2D eigenvalue weighted by atomic mass is 35.5. The number of aromatic nitrogens is 1. The number of rotatable bonds is 3. The van der Waals surface area contributed by atoms with Crippen LogP contribution in [-0.2, 0) is 11.3 Å². The first kappa shape index (κ1) is 19.7. The molecular weight excluding hydrogens is 366 g/mol. The van der Waals surface area contributed by atoms with Crippen molar-refractivity contribution in [1.82, 2.24) is 15.2 Å². The summed E-state index contributed by atoms with van der Waals surface area (Å²) in [5.41, 5.74) is 0.803. The van der Waals surface area contributed by atoms with Crippen molar-refractivity contribution in [3.63, 3.8) is 0 Å². The van der Waals surface area contributed by atoms with Gasteiger partial charge in [0.1, 0.15) is 16.9 Å². The van der Waals surface area contributed by atoms with Gasteiger partial charge in [-0.3, -0.25) is 9.88 Å². The Morgan fingerprint density at radius 2 is 2.11 bits per heavy atom. The highest BCUT2D eigenvalue weighted by molar-refractivity contribution is 6.35. The maximum atomic E-state index is 11.9. The number of hydrogen-bond acceptors (Lipinski definition) is 5. The lowest BCUT2D eigenvalue weighted by molar-refractivity contribution is 0.0477. The van der Waals surface area contributed by atoms with Gasteiger partial charge < -0.3 is 15.2 Å². The molecule has 146 valence electrons. The largest absolute Gasteiger partial charge is 0.505 e. The second kappa shape index (κ2) is 7.90. The normalized spacial score (nSPS) is 16.4. The minimum Gasteiger partial charge on any atom is -0.505 e. The summed E-state index contributed by atoms with van der Waals surface area (Å²) in [7, 11) is 0. The van der Waals surface area contributed by atoms with Crippen LogP contribution in [0.4, 0.5) is 4.79 Å². The average Bonchev–Trinajstić information content (AvgIpc) is 2.59. The van der Waals surface area contributed by atoms with Crippen LogP contribution >= 0.6 is 11.6 Å². The summed E-state index contributed by atoms with van der Waals surface area (Å²) in [6.07, 6.45) is 2.95. The number of nitrogens with zero attached hydrogens (tertiary/aromatic N) is 2. The topological polar surface area (TPSA) is 74.7 Å². The number of aromatic hydroxyl groups is 1. The molecule has 3 rings (SSSR count). The van der Waals surface area contributed by atoms with E-state index >= 15 is 0 Å². The van der Waals surface area contributed by atoms with Crippen LogP contribution in [0.3, 0.4) is 0 Å². The summed E-state index contributed by atoms with van der Waals surface area (Å²) in [6.45, 7) is 7.79. The second-order valence-electron chi connectivity index (χ2n) is 7.96. The van der Waals surface area contributed by atoms with Gasteiger partial charge >= 0.3 is 6.09 Å². The zero-order chi connectivity index (χ0) is 19.6. The molecule has 1 aromatic heterocycles. The van der Waals surface area contributed by atoms with Gasteiger partial charge in [-0.15, -0.1) is 0 Å². The molecule has 1 saturated heterocycles. The van der Waals surface area contributed by atoms with E-state index in [9.17, 15) is 9.90 Å². The molecule has 2 N–H and O–H groups in total. The van der Waals surface area contributed by atoms with Crippen LogP contribution in [0.15, 0.2) is 24.4 Å². The van der Waals surface area contributed by atoms with Gasteiger partial charge in [-0.25, -0.2) is 4.79 Å². The quantitative estimate of drug-likeness (QED) is 0.824. The number of carbonyl (C=O) groups excluding carboxylic acids is 1. The van der Waals surface area contributed by atoms with Crippen molar-refractivity contribution in [3.8, 4) is 5.75 Å². The molecule has 0 bridgehead atoms. The highest BCUT2D eigenvalue weighted by Crippen LogP contribution is 2.33. The summed E-state index contributed by atoms with van der Waals surface area (Å²) >= 11 is 6.35. The third kappa shape index (κ3) is 5.02. The number of ether oxygens (including phenoxy) is 1. The van der Waals surface area contributed by atoms with Crippen molar-refractivity contribution >= 4 is 28.6 Å². The van der Waals surface area contributed by atoms with Crippen LogP contribution < -0.4 is 5.32 Å². The SMILES string of the molecule is CC(C)(C)OC(=O)NC1CCN(Cc2cc(Cl)c3cccnc3c2O)CC1. The number of likely N-dealkylation sites (tertiary alicyclic amines) is 1. The van der Waals surface area contributed by atoms with E-state index in [1.807, 2.05) is 32.9 Å². The Morgan fingerprint density at radius 3 is 2.78 bits per heavy atom. The Bertz CT molecular complexity index is 827. The van der Waals surface area contributed by atoms with Crippen LogP contribution in [0, 0.1) is 0 Å². The number of nitrogens with one attached hydrogen (secondary N) is 1. The molecule has 0 radical (unpaired) electrons. The number of carbonyl (C=O) groups is 1. The molecule has 1 aliphatic rings. The molecule has 1 fully saturated rings. The van der Waals surface area contributed by atoms with Crippen LogP contribution in [-0.4, -0.2) is 45.8 Å². The smallest absolute Gasteiger partial charge is 0.407 e. The van der Waals surface area contributed by atoms with Crippen molar-refractivity contribution in [3.05, 3.63) is 35.0 Å². The standard InChI is InChI=1S/C20H26ClN3O3/c1-20(2,3)27-19(26)23-14-6-9-24(10-7-14)12-13-11-16(21)15-5-4-8-22-17(15)18(13)25/h4-5,8,11,14,25H,6-7,9-10,12H2,1-3H3,(H,23,26). The number of hydrogen-bond donors (Lipinski definition) is 2. The fourth-order valence-corrected chi connectivity index (χ4v) is 3.59. The first-order chi connectivity index (χ1) is 12.7. The summed E-state index contributed by atoms with van der Waals surface area (Å²) in [5, 5.41) is 14.8. The minimum absolute atomic E-state index is 0.103. The number of alkyl carbamates (subject to hydrolysis) is 1. The third-order valence-electron chi connectivity index (χ3n) is 4.60. The number of benzene rings is 1. The van der Waals surface area contributed by atoms with E-state index in [-0.39, 0.29) is 17.9 Å². The fourth-order valence-electron chi connectivity index (χ4n) is 3.31. The molecule has 0 saturated carbocycles. The van der Waals surface area contributed by atoms with Gasteiger partial charge in [-0.05, 0) is 51.8 Å². The molecule has 1 aliphatic heterocycles. The molecule has 0 atom stereocenters. The molecule has 0 aliphatic carbocycles. The van der Waals surface area contributed by atoms with E-state index in [2.05, 4.69) is 15.2 Å². The van der Waals surface area contributed by atoms with Gasteiger partial charge in [-0.1, -0.05) is 11.6 Å². The Kier molecular flexibility index (Phi) is 5.77. The van der Waals surface area contributed by atoms with E-state index in [1.54, 1.807) is 12.3 Å². The number of pyridine rings is 1. The lowest BCUT2D eigenvalue weighted by Crippen LogP contribution is -2.45. The molecule has 7 heteroatoms. The van der Waals surface area contributed by atoms with Gasteiger partial charge in [0.05, 0.1) is 5.02 Å². The highest BCUT2D eigenvalue weighted by Gasteiger charge is 2.24. The average molecular weight is 392 g/mol. The fraction of sp³-hybridized carbons (Fsp3) is 0.500. The molecule has 0 spiro atoms. The molecule has 2 aromatic rings. The molecule has 6 nitrogen and oxygen atoms in total. The summed E-state index contributed by atoms with van der Waals surface area (Å²) < 4.78 is 5.31. The number of phenols is 1. The molecule has 2 heterocycles. The van der Waals surface area contributed by atoms with E-state index in [4.69, 9.17) is 16.3 Å². The van der Waals surface area contributed by atoms with Gasteiger partial charge in [0.2, 0.25) is 0 Å². The number of amides is 1. The van der Waals surface area contributed by atoms with Crippen molar-refractivity contribution in [2.75, 3.05) is 13.1 Å². The van der Waals surface area contributed by atoms with Crippen molar-refractivity contribution in [2.45, 2.75) is 51.8 Å². The summed E-state index contributed by atoms with van der Waals surface area (Å²) in [5.74, 6) is 0.184.